The van der Waals surface area contributed by atoms with E-state index >= 15 is 0 Å². The van der Waals surface area contributed by atoms with Crippen LogP contribution in [0.1, 0.15) is 55.6 Å². The van der Waals surface area contributed by atoms with Crippen molar-refractivity contribution in [3.8, 4) is 0 Å². The Hall–Kier alpha value is -3.95. The van der Waals surface area contributed by atoms with Crippen LogP contribution in [0, 0.1) is 36.0 Å². The normalized spacial score (nSPS) is 27.1. The van der Waals surface area contributed by atoms with E-state index in [2.05, 4.69) is 41.4 Å². The van der Waals surface area contributed by atoms with E-state index in [0.717, 1.165) is 29.3 Å². The fourth-order valence-electron chi connectivity index (χ4n) is 7.25. The Balaban J connectivity index is 1.21. The number of rotatable bonds is 10. The Labute approximate surface area is 245 Å². The minimum atomic E-state index is -0.897. The number of aromatic amines is 1. The van der Waals surface area contributed by atoms with E-state index in [1.165, 1.54) is 6.08 Å². The van der Waals surface area contributed by atoms with Gasteiger partial charge in [0.2, 0.25) is 17.7 Å². The van der Waals surface area contributed by atoms with Gasteiger partial charge in [-0.15, -0.1) is 0 Å². The summed E-state index contributed by atoms with van der Waals surface area (Å²) in [5.74, 6) is -1.75. The summed E-state index contributed by atoms with van der Waals surface area (Å²) in [7, 11) is 0. The number of piperidine rings is 1. The van der Waals surface area contributed by atoms with Crippen LogP contribution in [0.2, 0.25) is 0 Å². The van der Waals surface area contributed by atoms with Gasteiger partial charge in [-0.05, 0) is 79.5 Å². The summed E-state index contributed by atoms with van der Waals surface area (Å²) < 4.78 is 0. The zero-order chi connectivity index (χ0) is 29.9. The zero-order valence-corrected chi connectivity index (χ0v) is 24.4. The van der Waals surface area contributed by atoms with Crippen molar-refractivity contribution in [1.82, 2.24) is 25.8 Å². The van der Waals surface area contributed by atoms with Crippen LogP contribution in [0.3, 0.4) is 0 Å². The Kier molecular flexibility index (Phi) is 6.98. The van der Waals surface area contributed by atoms with E-state index in [1.807, 2.05) is 25.1 Å². The zero-order valence-electron chi connectivity index (χ0n) is 24.4. The third kappa shape index (κ3) is 4.90. The maximum absolute atomic E-state index is 14.1. The molecule has 1 aromatic heterocycles. The second-order valence-corrected chi connectivity index (χ2v) is 13.1. The van der Waals surface area contributed by atoms with E-state index in [0.29, 0.717) is 25.2 Å². The van der Waals surface area contributed by atoms with E-state index < -0.39 is 24.0 Å². The van der Waals surface area contributed by atoms with Crippen molar-refractivity contribution in [3.05, 3.63) is 48.2 Å². The summed E-state index contributed by atoms with van der Waals surface area (Å²) in [6.45, 7) is 10.7. The topological polar surface area (TPSA) is 140 Å². The summed E-state index contributed by atoms with van der Waals surface area (Å²) >= 11 is 0. The molecule has 4 N–H and O–H groups in total. The lowest BCUT2D eigenvalue weighted by atomic mass is 9.94. The number of hydrogen-bond donors (Lipinski definition) is 4. The summed E-state index contributed by atoms with van der Waals surface area (Å²) in [5.41, 5.74) is 2.17. The summed E-state index contributed by atoms with van der Waals surface area (Å²) in [5, 5.41) is 9.59. The van der Waals surface area contributed by atoms with E-state index in [4.69, 9.17) is 0 Å². The largest absolute Gasteiger partial charge is 0.356 e. The fourth-order valence-corrected chi connectivity index (χ4v) is 7.25. The fraction of sp³-hybridized carbons (Fsp3) is 0.531. The molecule has 6 atom stereocenters. The second kappa shape index (κ2) is 10.4. The highest BCUT2D eigenvalue weighted by Gasteiger charge is 2.70. The Morgan fingerprint density at radius 3 is 2.57 bits per heavy atom. The summed E-state index contributed by atoms with van der Waals surface area (Å²) in [6.07, 6.45) is 3.60. The first kappa shape index (κ1) is 28.2. The lowest BCUT2D eigenvalue weighted by Crippen LogP contribution is -2.58. The number of ketones is 1. The van der Waals surface area contributed by atoms with Gasteiger partial charge in [-0.3, -0.25) is 24.0 Å². The molecule has 0 spiro atoms. The van der Waals surface area contributed by atoms with Crippen molar-refractivity contribution in [2.45, 2.75) is 64.6 Å². The number of nitrogens with zero attached hydrogens (tertiary/aromatic N) is 1. The predicted octanol–water partition coefficient (Wildman–Crippen LogP) is 2.23. The third-order valence-corrected chi connectivity index (χ3v) is 10.1. The molecule has 4 fully saturated rings. The average Bonchev–Trinajstić information content (AvgIpc) is 3.62. The van der Waals surface area contributed by atoms with E-state index in [-0.39, 0.29) is 59.0 Å². The van der Waals surface area contributed by atoms with Crippen LogP contribution in [-0.4, -0.2) is 70.5 Å². The molecule has 0 bridgehead atoms. The molecule has 1 aromatic carbocycles. The first-order valence-electron chi connectivity index (χ1n) is 14.9. The highest BCUT2D eigenvalue weighted by molar-refractivity contribution is 6.02. The number of nitrogens with one attached hydrogen (secondary N) is 4. The summed E-state index contributed by atoms with van der Waals surface area (Å²) in [4.78, 5) is 71.0. The first-order valence-corrected chi connectivity index (χ1v) is 14.9. The molecule has 2 aliphatic carbocycles. The van der Waals surface area contributed by atoms with Crippen molar-refractivity contribution in [2.75, 3.05) is 13.1 Å². The van der Waals surface area contributed by atoms with Gasteiger partial charge in [0.15, 0.2) is 5.78 Å². The maximum atomic E-state index is 14.1. The Morgan fingerprint density at radius 2 is 1.93 bits per heavy atom. The lowest BCUT2D eigenvalue weighted by Gasteiger charge is -2.34. The quantitative estimate of drug-likeness (QED) is 0.323. The molecule has 2 unspecified atom stereocenters. The number of H-pyrrole nitrogens is 1. The average molecular weight is 574 g/mol. The number of amides is 4. The predicted molar refractivity (Wildman–Crippen MR) is 156 cm³/mol. The van der Waals surface area contributed by atoms with Gasteiger partial charge in [0.25, 0.3) is 5.91 Å². The SMILES string of the molecule is C=CC(=O)C(C[C@@H]1CCNC1=O)NC(=O)[C@@H]1[C@@H]2[C@H](CN1C(=O)C(NC(=O)c1cc3c(C)cccc3[nH]1)C1CC1)C2(C)C. The van der Waals surface area contributed by atoms with Crippen molar-refractivity contribution < 1.29 is 24.0 Å². The molecule has 2 saturated carbocycles. The maximum Gasteiger partial charge on any atom is 0.268 e. The third-order valence-electron chi connectivity index (χ3n) is 10.1. The van der Waals surface area contributed by atoms with Crippen LogP contribution in [0.4, 0.5) is 0 Å². The van der Waals surface area contributed by atoms with Gasteiger partial charge in [0.1, 0.15) is 17.8 Å². The Morgan fingerprint density at radius 1 is 1.17 bits per heavy atom. The molecule has 0 radical (unpaired) electrons. The molecule has 10 nitrogen and oxygen atoms in total. The monoisotopic (exact) mass is 573 g/mol. The van der Waals surface area contributed by atoms with Gasteiger partial charge in [0, 0.05) is 29.9 Å². The van der Waals surface area contributed by atoms with Crippen LogP contribution >= 0.6 is 0 Å². The van der Waals surface area contributed by atoms with Gasteiger partial charge in [0.05, 0.1) is 6.04 Å². The lowest BCUT2D eigenvalue weighted by molar-refractivity contribution is -0.142. The van der Waals surface area contributed by atoms with Crippen LogP contribution in [0.15, 0.2) is 36.9 Å². The number of fused-ring (bicyclic) bond motifs is 2. The highest BCUT2D eigenvalue weighted by Crippen LogP contribution is 2.65. The number of hydrogen-bond acceptors (Lipinski definition) is 5. The molecule has 2 aliphatic heterocycles. The standard InChI is InChI=1S/C32H39N5O5/c1-5-24(38)22(13-18-11-12-33-28(18)39)35-30(41)27-25-20(32(25,3)4)15-37(27)31(42)26(17-9-10-17)36-29(40)23-14-19-16(2)7-6-8-21(19)34-23/h5-8,14,17-18,20,22,25-27,34H,1,9-13,15H2,2-4H3,(H,33,39)(H,35,41)(H,36,40)/t18-,20-,22?,25-,26?,27-/m0/s1. The first-order chi connectivity index (χ1) is 20.0. The van der Waals surface area contributed by atoms with Crippen molar-refractivity contribution in [1.29, 1.82) is 0 Å². The van der Waals surface area contributed by atoms with Crippen LogP contribution in [-0.2, 0) is 19.2 Å². The van der Waals surface area contributed by atoms with Crippen LogP contribution in [0.25, 0.3) is 10.9 Å². The minimum absolute atomic E-state index is 0.0113. The molecule has 4 amide bonds. The molecule has 222 valence electrons. The minimum Gasteiger partial charge on any atom is -0.356 e. The number of carbonyl (C=O) groups excluding carboxylic acids is 5. The molecule has 4 aliphatic rings. The molecule has 2 aromatic rings. The molecular formula is C32H39N5O5. The second-order valence-electron chi connectivity index (χ2n) is 13.1. The number of benzene rings is 1. The molecule has 42 heavy (non-hydrogen) atoms. The van der Waals surface area contributed by atoms with E-state index in [1.54, 1.807) is 11.0 Å². The van der Waals surface area contributed by atoms with Gasteiger partial charge in [-0.2, -0.15) is 0 Å². The van der Waals surface area contributed by atoms with Gasteiger partial charge < -0.3 is 25.8 Å². The van der Waals surface area contributed by atoms with Crippen molar-refractivity contribution >= 4 is 40.3 Å². The van der Waals surface area contributed by atoms with Crippen molar-refractivity contribution in [2.24, 2.45) is 29.1 Å². The van der Waals surface area contributed by atoms with Crippen molar-refractivity contribution in [3.63, 3.8) is 0 Å². The van der Waals surface area contributed by atoms with Crippen LogP contribution in [0.5, 0.6) is 0 Å². The van der Waals surface area contributed by atoms with Gasteiger partial charge in [-0.1, -0.05) is 32.6 Å². The number of likely N-dealkylation sites (tertiary alicyclic amines) is 1. The smallest absolute Gasteiger partial charge is 0.268 e. The molecular weight excluding hydrogens is 534 g/mol. The number of aryl methyl sites for hydroxylation is 1. The molecule has 2 saturated heterocycles. The Bertz CT molecular complexity index is 1490. The van der Waals surface area contributed by atoms with Gasteiger partial charge >= 0.3 is 0 Å². The van der Waals surface area contributed by atoms with Crippen LogP contribution < -0.4 is 16.0 Å². The van der Waals surface area contributed by atoms with Gasteiger partial charge in [-0.25, -0.2) is 0 Å². The summed E-state index contributed by atoms with van der Waals surface area (Å²) in [6, 6.07) is 5.22. The molecule has 6 rings (SSSR count). The number of carbonyl (C=O) groups is 5. The highest BCUT2D eigenvalue weighted by atomic mass is 16.2. The molecule has 10 heteroatoms. The molecule has 3 heterocycles. The van der Waals surface area contributed by atoms with E-state index in [9.17, 15) is 24.0 Å². The number of aromatic nitrogens is 1.